The topological polar surface area (TPSA) is 105 Å². The molecule has 2 amide bonds. The van der Waals surface area contributed by atoms with Gasteiger partial charge in [-0.3, -0.25) is 19.7 Å². The van der Waals surface area contributed by atoms with Crippen LogP contribution in [0.5, 0.6) is 11.5 Å². The fourth-order valence-corrected chi connectivity index (χ4v) is 6.08. The van der Waals surface area contributed by atoms with Crippen molar-refractivity contribution in [3.63, 3.8) is 0 Å². The summed E-state index contributed by atoms with van der Waals surface area (Å²) < 4.78 is 10.8. The first-order valence-corrected chi connectivity index (χ1v) is 12.6. The molecule has 4 atom stereocenters. The highest BCUT2D eigenvalue weighted by molar-refractivity contribution is 6.38. The number of fused-ring (bicyclic) bond motifs is 1. The van der Waals surface area contributed by atoms with Crippen LogP contribution in [0.25, 0.3) is 0 Å². The number of hydrogen-bond acceptors (Lipinski definition) is 6. The maximum absolute atomic E-state index is 14.0. The number of carboxylic acids is 1. The zero-order valence-electron chi connectivity index (χ0n) is 20.5. The molecule has 0 radical (unpaired) electrons. The van der Waals surface area contributed by atoms with E-state index in [4.69, 9.17) is 32.7 Å². The van der Waals surface area contributed by atoms with E-state index in [0.717, 1.165) is 4.90 Å². The van der Waals surface area contributed by atoms with Crippen LogP contribution in [-0.2, 0) is 20.8 Å². The highest BCUT2D eigenvalue weighted by atomic mass is 35.5. The van der Waals surface area contributed by atoms with Gasteiger partial charge in [-0.25, -0.2) is 4.90 Å². The predicted octanol–water partition coefficient (Wildman–Crippen LogP) is 4.53. The maximum Gasteiger partial charge on any atom is 0.325 e. The van der Waals surface area contributed by atoms with Crippen molar-refractivity contribution >= 4 is 46.7 Å². The Morgan fingerprint density at radius 1 is 0.974 bits per heavy atom. The van der Waals surface area contributed by atoms with Crippen molar-refractivity contribution in [3.8, 4) is 11.5 Å². The lowest BCUT2D eigenvalue weighted by atomic mass is 9.76. The number of hydrogen-bond donors (Lipinski definition) is 2. The molecule has 3 aromatic rings. The monoisotopic (exact) mass is 554 g/mol. The van der Waals surface area contributed by atoms with E-state index in [-0.39, 0.29) is 17.1 Å². The molecule has 2 saturated heterocycles. The minimum atomic E-state index is -1.77. The number of nitrogens with one attached hydrogen (secondary N) is 1. The summed E-state index contributed by atoms with van der Waals surface area (Å²) in [5.74, 6) is -3.77. The number of methoxy groups -OCH3 is 2. The van der Waals surface area contributed by atoms with Gasteiger partial charge in [-0.05, 0) is 41.5 Å². The maximum atomic E-state index is 14.0. The number of amides is 2. The van der Waals surface area contributed by atoms with Crippen LogP contribution < -0.4 is 19.7 Å². The number of aliphatic carboxylic acids is 1. The summed E-state index contributed by atoms with van der Waals surface area (Å²) in [6.07, 6.45) is -0.0185. The lowest BCUT2D eigenvalue weighted by Gasteiger charge is -2.31. The molecule has 38 heavy (non-hydrogen) atoms. The summed E-state index contributed by atoms with van der Waals surface area (Å²) >= 11 is 12.4. The summed E-state index contributed by atoms with van der Waals surface area (Å²) in [6.45, 7) is 0. The predicted molar refractivity (Wildman–Crippen MR) is 142 cm³/mol. The van der Waals surface area contributed by atoms with Gasteiger partial charge in [0.05, 0.1) is 36.8 Å². The van der Waals surface area contributed by atoms with Gasteiger partial charge in [0.15, 0.2) is 11.5 Å². The molecule has 2 N–H and O–H groups in total. The van der Waals surface area contributed by atoms with Crippen LogP contribution in [0.2, 0.25) is 10.0 Å². The van der Waals surface area contributed by atoms with E-state index in [1.165, 1.54) is 32.4 Å². The molecule has 5 rings (SSSR count). The Bertz CT molecular complexity index is 1430. The van der Waals surface area contributed by atoms with Crippen molar-refractivity contribution in [3.05, 3.63) is 87.9 Å². The minimum Gasteiger partial charge on any atom is -0.493 e. The number of rotatable bonds is 7. The molecule has 0 saturated carbocycles. The standard InChI is InChI=1S/C28H24Cl2N2O6/c1-37-20-11-8-16(12-21(20)38-2)24-22-23(28(31-24,27(35)36)14-15-6-4-3-5-7-15)26(34)32(25(22)33)19-10-9-17(29)13-18(19)30/h3-13,22-24,31H,14H2,1-2H3,(H,35,36)/t22-,23+,24-,28-/m0/s1. The summed E-state index contributed by atoms with van der Waals surface area (Å²) in [5, 5.41) is 14.3. The van der Waals surface area contributed by atoms with Crippen molar-refractivity contribution < 1.29 is 29.0 Å². The Balaban J connectivity index is 1.68. The molecule has 2 fully saturated rings. The fraction of sp³-hybridized carbons (Fsp3) is 0.250. The number of benzene rings is 3. The first kappa shape index (κ1) is 26.0. The van der Waals surface area contributed by atoms with Crippen molar-refractivity contribution in [1.29, 1.82) is 0 Å². The first-order valence-electron chi connectivity index (χ1n) is 11.8. The summed E-state index contributed by atoms with van der Waals surface area (Å²) in [6, 6.07) is 17.7. The number of nitrogens with zero attached hydrogens (tertiary/aromatic N) is 1. The van der Waals surface area contributed by atoms with Crippen LogP contribution in [0.15, 0.2) is 66.7 Å². The van der Waals surface area contributed by atoms with Gasteiger partial charge in [-0.15, -0.1) is 0 Å². The number of ether oxygens (including phenoxy) is 2. The average molecular weight is 555 g/mol. The zero-order valence-corrected chi connectivity index (χ0v) is 22.0. The van der Waals surface area contributed by atoms with E-state index in [1.807, 2.05) is 6.07 Å². The second-order valence-electron chi connectivity index (χ2n) is 9.29. The first-order chi connectivity index (χ1) is 18.2. The van der Waals surface area contributed by atoms with Crippen molar-refractivity contribution in [2.45, 2.75) is 18.0 Å². The van der Waals surface area contributed by atoms with Crippen molar-refractivity contribution in [1.82, 2.24) is 5.32 Å². The zero-order chi connectivity index (χ0) is 27.2. The van der Waals surface area contributed by atoms with Crippen molar-refractivity contribution in [2.24, 2.45) is 11.8 Å². The number of carbonyl (C=O) groups excluding carboxylic acids is 2. The van der Waals surface area contributed by atoms with E-state index in [1.54, 1.807) is 42.5 Å². The Morgan fingerprint density at radius 2 is 1.68 bits per heavy atom. The average Bonchev–Trinajstić information content (AvgIpc) is 3.38. The van der Waals surface area contributed by atoms with E-state index < -0.39 is 41.2 Å². The molecule has 2 heterocycles. The second-order valence-corrected chi connectivity index (χ2v) is 10.1. The van der Waals surface area contributed by atoms with E-state index >= 15 is 0 Å². The summed E-state index contributed by atoms with van der Waals surface area (Å²) in [4.78, 5) is 42.0. The molecular weight excluding hydrogens is 531 g/mol. The third-order valence-electron chi connectivity index (χ3n) is 7.28. The molecule has 2 aliphatic heterocycles. The SMILES string of the molecule is COc1ccc([C@@H]2N[C@](Cc3ccccc3)(C(=O)O)[C@H]3C(=O)N(c4ccc(Cl)cc4Cl)C(=O)[C@H]23)cc1OC. The molecule has 0 aromatic heterocycles. The van der Waals surface area contributed by atoms with E-state index in [9.17, 15) is 19.5 Å². The molecular formula is C28H24Cl2N2O6. The van der Waals surface area contributed by atoms with Gasteiger partial charge in [-0.2, -0.15) is 0 Å². The van der Waals surface area contributed by atoms with Gasteiger partial charge in [0.25, 0.3) is 0 Å². The van der Waals surface area contributed by atoms with Gasteiger partial charge >= 0.3 is 5.97 Å². The normalized spacial score (nSPS) is 24.4. The summed E-state index contributed by atoms with van der Waals surface area (Å²) in [7, 11) is 2.99. The third kappa shape index (κ3) is 4.09. The molecule has 0 unspecified atom stereocenters. The third-order valence-corrected chi connectivity index (χ3v) is 7.82. The number of carbonyl (C=O) groups is 3. The lowest BCUT2D eigenvalue weighted by Crippen LogP contribution is -2.57. The van der Waals surface area contributed by atoms with Gasteiger partial charge in [0, 0.05) is 17.5 Å². The highest BCUT2D eigenvalue weighted by Gasteiger charge is 2.68. The number of imide groups is 1. The number of carboxylic acid groups (broad SMARTS) is 1. The Hall–Kier alpha value is -3.59. The molecule has 196 valence electrons. The molecule has 2 aliphatic rings. The van der Waals surface area contributed by atoms with Crippen LogP contribution in [0.3, 0.4) is 0 Å². The largest absolute Gasteiger partial charge is 0.493 e. The quantitative estimate of drug-likeness (QED) is 0.413. The van der Waals surface area contributed by atoms with Crippen LogP contribution >= 0.6 is 23.2 Å². The van der Waals surface area contributed by atoms with Crippen LogP contribution in [0.4, 0.5) is 5.69 Å². The molecule has 0 aliphatic carbocycles. The second kappa shape index (κ2) is 9.94. The molecule has 3 aromatic carbocycles. The van der Waals surface area contributed by atoms with E-state index in [0.29, 0.717) is 27.6 Å². The van der Waals surface area contributed by atoms with Gasteiger partial charge in [0.1, 0.15) is 5.54 Å². The van der Waals surface area contributed by atoms with E-state index in [2.05, 4.69) is 5.32 Å². The molecule has 10 heteroatoms. The van der Waals surface area contributed by atoms with Crippen molar-refractivity contribution in [2.75, 3.05) is 19.1 Å². The molecule has 0 bridgehead atoms. The van der Waals surface area contributed by atoms with Gasteiger partial charge in [0.2, 0.25) is 11.8 Å². The van der Waals surface area contributed by atoms with Gasteiger partial charge < -0.3 is 14.6 Å². The number of anilines is 1. The minimum absolute atomic E-state index is 0.0185. The highest BCUT2D eigenvalue weighted by Crippen LogP contribution is 2.52. The smallest absolute Gasteiger partial charge is 0.325 e. The Labute approximate surface area is 229 Å². The summed E-state index contributed by atoms with van der Waals surface area (Å²) in [5.41, 5.74) is -0.327. The Kier molecular flexibility index (Phi) is 6.81. The molecule has 8 nitrogen and oxygen atoms in total. The lowest BCUT2D eigenvalue weighted by molar-refractivity contribution is -0.148. The fourth-order valence-electron chi connectivity index (χ4n) is 5.59. The van der Waals surface area contributed by atoms with Crippen LogP contribution in [0, 0.1) is 11.8 Å². The van der Waals surface area contributed by atoms with Crippen LogP contribution in [0.1, 0.15) is 17.2 Å². The van der Waals surface area contributed by atoms with Gasteiger partial charge in [-0.1, -0.05) is 59.6 Å². The number of halogens is 2. The van der Waals surface area contributed by atoms with Crippen LogP contribution in [-0.4, -0.2) is 42.6 Å². The Morgan fingerprint density at radius 3 is 2.32 bits per heavy atom. The molecule has 0 spiro atoms.